The Labute approximate surface area is 224 Å². The maximum absolute atomic E-state index is 13.8. The third kappa shape index (κ3) is 2.48. The number of ether oxygens (including phenoxy) is 6. The number of rotatable bonds is 5. The summed E-state index contributed by atoms with van der Waals surface area (Å²) in [6.07, 6.45) is -6.39. The van der Waals surface area contributed by atoms with Gasteiger partial charge in [0.2, 0.25) is 11.9 Å². The molecule has 4 saturated heterocycles. The van der Waals surface area contributed by atoms with Gasteiger partial charge in [-0.25, -0.2) is 9.59 Å². The number of fused-ring (bicyclic) bond motifs is 1. The van der Waals surface area contributed by atoms with Gasteiger partial charge in [-0.3, -0.25) is 4.79 Å². The van der Waals surface area contributed by atoms with Gasteiger partial charge in [-0.1, -0.05) is 51.1 Å². The summed E-state index contributed by atoms with van der Waals surface area (Å²) in [5.74, 6) is -4.03. The van der Waals surface area contributed by atoms with E-state index >= 15 is 0 Å². The highest BCUT2D eigenvalue weighted by Crippen LogP contribution is 2.84. The summed E-state index contributed by atoms with van der Waals surface area (Å²) in [7, 11) is 0. The van der Waals surface area contributed by atoms with Gasteiger partial charge in [0, 0.05) is 0 Å². The largest absolute Gasteiger partial charge is 0.459 e. The Balaban J connectivity index is 1.36. The molecule has 1 aromatic rings. The van der Waals surface area contributed by atoms with Crippen LogP contribution in [-0.4, -0.2) is 76.8 Å². The topological polar surface area (TPSA) is 147 Å². The molecule has 0 unspecified atom stereocenters. The number of hydrogen-bond acceptors (Lipinski definition) is 11. The van der Waals surface area contributed by atoms with Crippen LogP contribution in [-0.2, 0) is 49.4 Å². The third-order valence-electron chi connectivity index (χ3n) is 10.4. The highest BCUT2D eigenvalue weighted by Gasteiger charge is 3.04. The lowest BCUT2D eigenvalue weighted by Crippen LogP contribution is -2.67. The van der Waals surface area contributed by atoms with Crippen molar-refractivity contribution >= 4 is 17.9 Å². The first-order chi connectivity index (χ1) is 18.4. The minimum atomic E-state index is -2.25. The van der Waals surface area contributed by atoms with E-state index < -0.39 is 87.9 Å². The van der Waals surface area contributed by atoms with Crippen molar-refractivity contribution in [3.8, 4) is 0 Å². The zero-order valence-electron chi connectivity index (χ0n) is 22.1. The molecule has 11 nitrogen and oxygen atoms in total. The number of hydrogen-bond donors (Lipinski definition) is 2. The Morgan fingerprint density at radius 1 is 1.05 bits per heavy atom. The normalized spacial score (nSPS) is 48.9. The fourth-order valence-corrected chi connectivity index (χ4v) is 9.15. The maximum atomic E-state index is 13.8. The predicted octanol–water partition coefficient (Wildman–Crippen LogP) is 0.829. The highest BCUT2D eigenvalue weighted by atomic mass is 16.8. The maximum Gasteiger partial charge on any atom is 0.343 e. The van der Waals surface area contributed by atoms with E-state index in [1.807, 2.05) is 51.1 Å². The monoisotopic (exact) mass is 544 g/mol. The Kier molecular flexibility index (Phi) is 4.94. The van der Waals surface area contributed by atoms with E-state index in [1.54, 1.807) is 0 Å². The lowest BCUT2D eigenvalue weighted by molar-refractivity contribution is -0.240. The van der Waals surface area contributed by atoms with E-state index in [0.717, 1.165) is 5.56 Å². The van der Waals surface area contributed by atoms with Gasteiger partial charge in [0.15, 0.2) is 17.8 Å². The molecule has 0 amide bonds. The van der Waals surface area contributed by atoms with Gasteiger partial charge in [-0.15, -0.1) is 0 Å². The first kappa shape index (κ1) is 25.4. The fourth-order valence-electron chi connectivity index (χ4n) is 9.15. The molecule has 1 aromatic carbocycles. The first-order valence-corrected chi connectivity index (χ1v) is 13.3. The molecular weight excluding hydrogens is 512 g/mol. The number of aliphatic hydroxyl groups excluding tert-OH is 1. The van der Waals surface area contributed by atoms with Crippen LogP contribution in [0.25, 0.3) is 0 Å². The molecule has 0 radical (unpaired) electrons. The summed E-state index contributed by atoms with van der Waals surface area (Å²) >= 11 is 0. The molecule has 4 heterocycles. The van der Waals surface area contributed by atoms with Gasteiger partial charge < -0.3 is 38.6 Å². The minimum absolute atomic E-state index is 0.232. The van der Waals surface area contributed by atoms with E-state index in [9.17, 15) is 24.6 Å². The number of carbonyl (C=O) groups is 3. The van der Waals surface area contributed by atoms with Crippen molar-refractivity contribution < 1.29 is 53.0 Å². The van der Waals surface area contributed by atoms with Crippen LogP contribution in [0.2, 0.25) is 0 Å². The van der Waals surface area contributed by atoms with Crippen LogP contribution in [0.1, 0.15) is 39.7 Å². The SMILES string of the molecule is C[C@@H]1C(=O)O[C@H]2[C@@H](O)[C@@]34[C@H]5C[C@@H](C(C)(C)C)[C@]36[C@@H](OC(=O)[C@@H]6OCOCc3ccccc3)O[C@@]4(C(=O)O5)[C@@]12O. The first-order valence-electron chi connectivity index (χ1n) is 13.3. The molecule has 2 spiro atoms. The molecule has 7 rings (SSSR count). The van der Waals surface area contributed by atoms with Gasteiger partial charge >= 0.3 is 17.9 Å². The molecule has 6 aliphatic rings. The summed E-state index contributed by atoms with van der Waals surface area (Å²) < 4.78 is 35.4. The molecule has 2 saturated carbocycles. The van der Waals surface area contributed by atoms with Gasteiger partial charge in [-0.05, 0) is 30.2 Å². The Morgan fingerprint density at radius 3 is 2.46 bits per heavy atom. The summed E-state index contributed by atoms with van der Waals surface area (Å²) in [6.45, 7) is 7.32. The van der Waals surface area contributed by atoms with Crippen LogP contribution < -0.4 is 0 Å². The lowest BCUT2D eigenvalue weighted by Gasteiger charge is -2.48. The molecule has 0 bridgehead atoms. The predicted molar refractivity (Wildman–Crippen MR) is 127 cm³/mol. The van der Waals surface area contributed by atoms with Crippen molar-refractivity contribution in [1.29, 1.82) is 0 Å². The second-order valence-corrected chi connectivity index (χ2v) is 12.8. The van der Waals surface area contributed by atoms with E-state index in [4.69, 9.17) is 28.4 Å². The number of aliphatic hydroxyl groups is 2. The molecular formula is C28H32O11. The second kappa shape index (κ2) is 7.58. The Bertz CT molecular complexity index is 1260. The van der Waals surface area contributed by atoms with Crippen molar-refractivity contribution in [2.75, 3.05) is 6.79 Å². The number of esters is 3. The zero-order valence-corrected chi connectivity index (χ0v) is 22.1. The van der Waals surface area contributed by atoms with Crippen LogP contribution in [0.5, 0.6) is 0 Å². The molecule has 0 aromatic heterocycles. The Morgan fingerprint density at radius 2 is 1.77 bits per heavy atom. The molecule has 11 atom stereocenters. The van der Waals surface area contributed by atoms with Crippen LogP contribution in [0.3, 0.4) is 0 Å². The van der Waals surface area contributed by atoms with Crippen LogP contribution in [0, 0.1) is 28.1 Å². The molecule has 2 N–H and O–H groups in total. The third-order valence-corrected chi connectivity index (χ3v) is 10.4. The van der Waals surface area contributed by atoms with Crippen LogP contribution in [0.4, 0.5) is 0 Å². The molecule has 4 aliphatic heterocycles. The summed E-state index contributed by atoms with van der Waals surface area (Å²) in [4.78, 5) is 39.9. The average molecular weight is 545 g/mol. The van der Waals surface area contributed by atoms with Gasteiger partial charge in [0.05, 0.1) is 23.4 Å². The highest BCUT2D eigenvalue weighted by molar-refractivity contribution is 5.94. The quantitative estimate of drug-likeness (QED) is 0.235. The summed E-state index contributed by atoms with van der Waals surface area (Å²) in [5, 5.41) is 24.3. The lowest BCUT2D eigenvalue weighted by atomic mass is 9.51. The minimum Gasteiger partial charge on any atom is -0.459 e. The molecule has 2 aliphatic carbocycles. The second-order valence-electron chi connectivity index (χ2n) is 12.8. The van der Waals surface area contributed by atoms with E-state index in [0.29, 0.717) is 0 Å². The van der Waals surface area contributed by atoms with Crippen molar-refractivity contribution in [2.24, 2.45) is 28.1 Å². The summed E-state index contributed by atoms with van der Waals surface area (Å²) in [5.41, 5.74) is -7.20. The van der Waals surface area contributed by atoms with E-state index in [-0.39, 0.29) is 19.8 Å². The molecule has 6 fully saturated rings. The van der Waals surface area contributed by atoms with Gasteiger partial charge in [0.1, 0.15) is 19.0 Å². The van der Waals surface area contributed by atoms with Crippen molar-refractivity contribution in [3.05, 3.63) is 35.9 Å². The number of benzene rings is 1. The van der Waals surface area contributed by atoms with Gasteiger partial charge in [0.25, 0.3) is 0 Å². The standard InChI is InChI=1S/C28H32O11/c1-13-20(30)37-18-17(29)26-16-10-15(24(2,3)4)25(26)19(35-12-34-11-14-8-6-5-7-9-14)21(31)38-23(25)39-28(26,22(32)36-16)27(13,18)33/h5-9,13,15-19,23,29,33H,10-12H2,1-4H3/t13-,15+,16-,17-,18+,19+,23+,25+,26+,27-,28-/m1/s1. The molecule has 210 valence electrons. The molecule has 11 heteroatoms. The smallest absolute Gasteiger partial charge is 0.343 e. The van der Waals surface area contributed by atoms with E-state index in [2.05, 4.69) is 0 Å². The van der Waals surface area contributed by atoms with Crippen molar-refractivity contribution in [3.63, 3.8) is 0 Å². The van der Waals surface area contributed by atoms with E-state index in [1.165, 1.54) is 6.92 Å². The summed E-state index contributed by atoms with van der Waals surface area (Å²) in [6, 6.07) is 9.44. The number of carbonyl (C=O) groups excluding carboxylic acids is 3. The van der Waals surface area contributed by atoms with Crippen LogP contribution in [0.15, 0.2) is 30.3 Å². The Hall–Kier alpha value is -2.57. The fraction of sp³-hybridized carbons (Fsp3) is 0.679. The van der Waals surface area contributed by atoms with Gasteiger partial charge in [-0.2, -0.15) is 0 Å². The van der Waals surface area contributed by atoms with Crippen molar-refractivity contribution in [2.45, 2.75) is 82.6 Å². The average Bonchev–Trinajstić information content (AvgIpc) is 3.60. The molecule has 39 heavy (non-hydrogen) atoms. The zero-order chi connectivity index (χ0) is 27.8. The van der Waals surface area contributed by atoms with Crippen molar-refractivity contribution in [1.82, 2.24) is 0 Å². The van der Waals surface area contributed by atoms with Crippen LogP contribution >= 0.6 is 0 Å².